The smallest absolute Gasteiger partial charge is 0.0558 e. The molecule has 0 aromatic heterocycles. The van der Waals surface area contributed by atoms with Crippen LogP contribution in [-0.4, -0.2) is 66.8 Å². The van der Waals surface area contributed by atoms with Crippen LogP contribution in [0.25, 0.3) is 0 Å². The van der Waals surface area contributed by atoms with Crippen LogP contribution in [0, 0.1) is 0 Å². The Kier molecular flexibility index (Phi) is 4.66. The maximum Gasteiger partial charge on any atom is 0.0558 e. The maximum absolute atomic E-state index is 8.76. The van der Waals surface area contributed by atoms with Gasteiger partial charge in [-0.25, -0.2) is 0 Å². The third-order valence-electron chi connectivity index (χ3n) is 2.79. The Morgan fingerprint density at radius 1 is 1.31 bits per heavy atom. The fraction of sp³-hybridized carbons (Fsp3) is 1.00. The zero-order valence-electron chi connectivity index (χ0n) is 8.45. The van der Waals surface area contributed by atoms with Gasteiger partial charge >= 0.3 is 0 Å². The van der Waals surface area contributed by atoms with Crippen molar-refractivity contribution in [2.24, 2.45) is 5.73 Å². The van der Waals surface area contributed by atoms with Crippen molar-refractivity contribution < 1.29 is 5.11 Å². The van der Waals surface area contributed by atoms with Crippen molar-refractivity contribution in [3.63, 3.8) is 0 Å². The molecule has 0 amide bonds. The van der Waals surface area contributed by atoms with Gasteiger partial charge in [0.1, 0.15) is 0 Å². The zero-order chi connectivity index (χ0) is 9.68. The van der Waals surface area contributed by atoms with Crippen LogP contribution in [-0.2, 0) is 0 Å². The second kappa shape index (κ2) is 5.54. The van der Waals surface area contributed by atoms with E-state index >= 15 is 0 Å². The summed E-state index contributed by atoms with van der Waals surface area (Å²) in [5, 5.41) is 8.76. The summed E-state index contributed by atoms with van der Waals surface area (Å²) < 4.78 is 0. The first-order valence-corrected chi connectivity index (χ1v) is 5.05. The fourth-order valence-corrected chi connectivity index (χ4v) is 1.72. The molecule has 1 fully saturated rings. The Hall–Kier alpha value is -0.160. The SMILES string of the molecule is C[C@H](CN)N1CCN(CCO)CC1. The predicted molar refractivity (Wildman–Crippen MR) is 53.6 cm³/mol. The summed E-state index contributed by atoms with van der Waals surface area (Å²) in [5.74, 6) is 0. The van der Waals surface area contributed by atoms with E-state index in [1.54, 1.807) is 0 Å². The molecule has 0 saturated carbocycles. The average Bonchev–Trinajstić information content (AvgIpc) is 2.18. The van der Waals surface area contributed by atoms with Crippen molar-refractivity contribution in [1.29, 1.82) is 0 Å². The number of β-amino-alcohol motifs (C(OH)–C–C–N with tert-alkyl or cyclic N) is 1. The Bertz CT molecular complexity index is 135. The van der Waals surface area contributed by atoms with E-state index in [0.717, 1.165) is 39.3 Å². The van der Waals surface area contributed by atoms with E-state index in [9.17, 15) is 0 Å². The van der Waals surface area contributed by atoms with E-state index < -0.39 is 0 Å². The Morgan fingerprint density at radius 2 is 1.92 bits per heavy atom. The highest BCUT2D eigenvalue weighted by atomic mass is 16.3. The standard InChI is InChI=1S/C9H21N3O/c1-9(8-10)12-4-2-11(3-5-12)6-7-13/h9,13H,2-8,10H2,1H3/t9-/m1/s1. The first kappa shape index (κ1) is 10.9. The summed E-state index contributed by atoms with van der Waals surface area (Å²) >= 11 is 0. The lowest BCUT2D eigenvalue weighted by Gasteiger charge is -2.37. The lowest BCUT2D eigenvalue weighted by molar-refractivity contribution is 0.0911. The second-order valence-corrected chi connectivity index (χ2v) is 3.69. The minimum Gasteiger partial charge on any atom is -0.395 e. The van der Waals surface area contributed by atoms with Gasteiger partial charge in [0.15, 0.2) is 0 Å². The van der Waals surface area contributed by atoms with E-state index in [4.69, 9.17) is 10.8 Å². The van der Waals surface area contributed by atoms with Gasteiger partial charge in [-0.05, 0) is 6.92 Å². The van der Waals surface area contributed by atoms with Gasteiger partial charge in [0.25, 0.3) is 0 Å². The van der Waals surface area contributed by atoms with Crippen molar-refractivity contribution in [2.75, 3.05) is 45.9 Å². The van der Waals surface area contributed by atoms with Gasteiger partial charge in [0, 0.05) is 45.3 Å². The molecule has 0 aromatic rings. The van der Waals surface area contributed by atoms with Gasteiger partial charge < -0.3 is 10.8 Å². The predicted octanol–water partition coefficient (Wildman–Crippen LogP) is -1.06. The molecule has 1 aliphatic heterocycles. The van der Waals surface area contributed by atoms with Crippen LogP contribution < -0.4 is 5.73 Å². The van der Waals surface area contributed by atoms with Gasteiger partial charge in [0.05, 0.1) is 6.61 Å². The highest BCUT2D eigenvalue weighted by Gasteiger charge is 2.19. The number of piperazine rings is 1. The molecule has 0 unspecified atom stereocenters. The number of aliphatic hydroxyl groups excluding tert-OH is 1. The number of aliphatic hydroxyl groups is 1. The normalized spacial score (nSPS) is 23.3. The summed E-state index contributed by atoms with van der Waals surface area (Å²) in [7, 11) is 0. The van der Waals surface area contributed by atoms with Crippen molar-refractivity contribution in [3.8, 4) is 0 Å². The molecule has 0 bridgehead atoms. The molecule has 0 radical (unpaired) electrons. The first-order chi connectivity index (χ1) is 6.27. The van der Waals surface area contributed by atoms with E-state index in [0.29, 0.717) is 6.04 Å². The third-order valence-corrected chi connectivity index (χ3v) is 2.79. The molecule has 0 aromatic carbocycles. The van der Waals surface area contributed by atoms with Gasteiger partial charge in [0.2, 0.25) is 0 Å². The lowest BCUT2D eigenvalue weighted by atomic mass is 10.2. The summed E-state index contributed by atoms with van der Waals surface area (Å²) in [6.45, 7) is 8.27. The van der Waals surface area contributed by atoms with Gasteiger partial charge in [-0.15, -0.1) is 0 Å². The van der Waals surface area contributed by atoms with Crippen LogP contribution >= 0.6 is 0 Å². The van der Waals surface area contributed by atoms with Gasteiger partial charge in [-0.3, -0.25) is 9.80 Å². The first-order valence-electron chi connectivity index (χ1n) is 5.05. The summed E-state index contributed by atoms with van der Waals surface area (Å²) in [5.41, 5.74) is 5.60. The quantitative estimate of drug-likeness (QED) is 0.589. The Balaban J connectivity index is 2.22. The summed E-state index contributed by atoms with van der Waals surface area (Å²) in [6, 6.07) is 0.497. The van der Waals surface area contributed by atoms with Crippen LogP contribution in [0.5, 0.6) is 0 Å². The van der Waals surface area contributed by atoms with Crippen LogP contribution in [0.1, 0.15) is 6.92 Å². The Labute approximate surface area is 80.3 Å². The van der Waals surface area contributed by atoms with E-state index in [2.05, 4.69) is 16.7 Å². The molecular weight excluding hydrogens is 166 g/mol. The Morgan fingerprint density at radius 3 is 2.38 bits per heavy atom. The minimum absolute atomic E-state index is 0.270. The average molecular weight is 187 g/mol. The monoisotopic (exact) mass is 187 g/mol. The van der Waals surface area contributed by atoms with Crippen LogP contribution in [0.4, 0.5) is 0 Å². The molecule has 78 valence electrons. The molecule has 0 aliphatic carbocycles. The second-order valence-electron chi connectivity index (χ2n) is 3.69. The molecule has 1 aliphatic rings. The molecule has 4 heteroatoms. The largest absolute Gasteiger partial charge is 0.395 e. The van der Waals surface area contributed by atoms with Crippen LogP contribution in [0.15, 0.2) is 0 Å². The van der Waals surface area contributed by atoms with Crippen molar-refractivity contribution in [2.45, 2.75) is 13.0 Å². The zero-order valence-corrected chi connectivity index (χ0v) is 8.45. The molecule has 0 spiro atoms. The molecule has 13 heavy (non-hydrogen) atoms. The number of nitrogens with zero attached hydrogens (tertiary/aromatic N) is 2. The maximum atomic E-state index is 8.76. The topological polar surface area (TPSA) is 52.7 Å². The molecular formula is C9H21N3O. The lowest BCUT2D eigenvalue weighted by Crippen LogP contribution is -2.51. The summed E-state index contributed by atoms with van der Waals surface area (Å²) in [4.78, 5) is 4.70. The van der Waals surface area contributed by atoms with E-state index in [1.807, 2.05) is 0 Å². The molecule has 4 nitrogen and oxygen atoms in total. The summed E-state index contributed by atoms with van der Waals surface area (Å²) in [6.07, 6.45) is 0. The highest BCUT2D eigenvalue weighted by molar-refractivity contribution is 4.76. The van der Waals surface area contributed by atoms with Crippen molar-refractivity contribution >= 4 is 0 Å². The van der Waals surface area contributed by atoms with Gasteiger partial charge in [-0.2, -0.15) is 0 Å². The number of hydrogen-bond donors (Lipinski definition) is 2. The van der Waals surface area contributed by atoms with E-state index in [1.165, 1.54) is 0 Å². The van der Waals surface area contributed by atoms with Gasteiger partial charge in [-0.1, -0.05) is 0 Å². The highest BCUT2D eigenvalue weighted by Crippen LogP contribution is 2.04. The number of rotatable bonds is 4. The minimum atomic E-state index is 0.270. The molecule has 1 heterocycles. The number of nitrogens with two attached hydrogens (primary N) is 1. The van der Waals surface area contributed by atoms with E-state index in [-0.39, 0.29) is 6.61 Å². The van der Waals surface area contributed by atoms with Crippen LogP contribution in [0.3, 0.4) is 0 Å². The molecule has 1 atom stereocenters. The number of hydrogen-bond acceptors (Lipinski definition) is 4. The molecule has 1 saturated heterocycles. The van der Waals surface area contributed by atoms with Crippen molar-refractivity contribution in [3.05, 3.63) is 0 Å². The third kappa shape index (κ3) is 3.23. The molecule has 3 N–H and O–H groups in total. The van der Waals surface area contributed by atoms with Crippen LogP contribution in [0.2, 0.25) is 0 Å². The van der Waals surface area contributed by atoms with Crippen molar-refractivity contribution in [1.82, 2.24) is 9.80 Å². The fourth-order valence-electron chi connectivity index (χ4n) is 1.72. The molecule has 1 rings (SSSR count).